The van der Waals surface area contributed by atoms with Crippen LogP contribution in [0.1, 0.15) is 11.3 Å². The number of hydrogen-bond donors (Lipinski definition) is 1. The first-order valence-electron chi connectivity index (χ1n) is 5.91. The largest absolute Gasteiger partial charge is 0.496 e. The van der Waals surface area contributed by atoms with E-state index in [1.807, 2.05) is 44.1 Å². The Balaban J connectivity index is 2.97. The molecule has 0 saturated carbocycles. The molecule has 5 heteroatoms. The number of benzene rings is 1. The van der Waals surface area contributed by atoms with Gasteiger partial charge in [0.05, 0.1) is 18.2 Å². The maximum absolute atomic E-state index is 5.87. The van der Waals surface area contributed by atoms with Crippen LogP contribution in [0.15, 0.2) is 18.2 Å². The number of hydrogen-bond acceptors (Lipinski definition) is 4. The van der Waals surface area contributed by atoms with E-state index >= 15 is 0 Å². The third-order valence-electron chi connectivity index (χ3n) is 2.99. The molecule has 0 aliphatic rings. The average Bonchev–Trinajstić information content (AvgIpc) is 2.35. The number of thiocarbonyl (C=S) groups is 1. The topological polar surface area (TPSA) is 51.4 Å². The van der Waals surface area contributed by atoms with E-state index in [4.69, 9.17) is 22.7 Å². The number of ether oxygens (including phenoxy) is 1. The fraction of sp³-hybridized carbons (Fsp3) is 0.286. The summed E-state index contributed by atoms with van der Waals surface area (Å²) >= 11 is 5.17. The summed E-state index contributed by atoms with van der Waals surface area (Å²) in [4.78, 5) is 6.88. The number of aromatic nitrogens is 1. The molecule has 1 heterocycles. The van der Waals surface area contributed by atoms with Crippen LogP contribution in [0.3, 0.4) is 0 Å². The van der Waals surface area contributed by atoms with E-state index in [1.165, 1.54) is 0 Å². The summed E-state index contributed by atoms with van der Waals surface area (Å²) in [6.07, 6.45) is 0. The van der Waals surface area contributed by atoms with Crippen molar-refractivity contribution in [2.45, 2.75) is 6.92 Å². The Morgan fingerprint density at radius 3 is 2.58 bits per heavy atom. The van der Waals surface area contributed by atoms with Gasteiger partial charge in [-0.2, -0.15) is 0 Å². The van der Waals surface area contributed by atoms with Crippen molar-refractivity contribution >= 4 is 33.8 Å². The maximum Gasteiger partial charge on any atom is 0.129 e. The number of aryl methyl sites for hydroxylation is 1. The molecule has 4 nitrogen and oxygen atoms in total. The smallest absolute Gasteiger partial charge is 0.129 e. The van der Waals surface area contributed by atoms with Crippen LogP contribution in [0, 0.1) is 6.92 Å². The van der Waals surface area contributed by atoms with Crippen molar-refractivity contribution in [3.8, 4) is 5.75 Å². The van der Waals surface area contributed by atoms with Gasteiger partial charge in [-0.05, 0) is 25.1 Å². The van der Waals surface area contributed by atoms with E-state index in [-0.39, 0.29) is 0 Å². The van der Waals surface area contributed by atoms with Crippen LogP contribution in [0.4, 0.5) is 5.69 Å². The molecule has 100 valence electrons. The fourth-order valence-electron chi connectivity index (χ4n) is 2.18. The van der Waals surface area contributed by atoms with Crippen LogP contribution in [0.2, 0.25) is 0 Å². The number of fused-ring (bicyclic) bond motifs is 1. The molecule has 2 N–H and O–H groups in total. The predicted molar refractivity (Wildman–Crippen MR) is 83.2 cm³/mol. The standard InChI is InChI=1S/C14H17N3OS/c1-8-7-10(17(2)3)12-9(16-8)5-6-11(18-4)13(12)14(15)19/h5-7H,1-4H3,(H2,15,19). The van der Waals surface area contributed by atoms with Gasteiger partial charge in [0.15, 0.2) is 0 Å². The molecule has 0 amide bonds. The van der Waals surface area contributed by atoms with Gasteiger partial charge in [0.1, 0.15) is 10.7 Å². The van der Waals surface area contributed by atoms with E-state index in [0.717, 1.165) is 27.8 Å². The highest BCUT2D eigenvalue weighted by Gasteiger charge is 2.16. The molecule has 1 aromatic heterocycles. The number of methoxy groups -OCH3 is 1. The Kier molecular flexibility index (Phi) is 3.57. The van der Waals surface area contributed by atoms with Gasteiger partial charge in [0.25, 0.3) is 0 Å². The zero-order valence-corrected chi connectivity index (χ0v) is 12.3. The quantitative estimate of drug-likeness (QED) is 0.871. The molecule has 0 unspecified atom stereocenters. The first-order valence-corrected chi connectivity index (χ1v) is 6.32. The second kappa shape index (κ2) is 5.01. The van der Waals surface area contributed by atoms with E-state index in [9.17, 15) is 0 Å². The van der Waals surface area contributed by atoms with Crippen molar-refractivity contribution in [3.05, 3.63) is 29.5 Å². The van der Waals surface area contributed by atoms with Crippen LogP contribution in [0.25, 0.3) is 10.9 Å². The average molecular weight is 275 g/mol. The van der Waals surface area contributed by atoms with Crippen LogP contribution in [-0.2, 0) is 0 Å². The van der Waals surface area contributed by atoms with Gasteiger partial charge < -0.3 is 15.4 Å². The van der Waals surface area contributed by atoms with Crippen LogP contribution in [-0.4, -0.2) is 31.2 Å². The SMILES string of the molecule is COc1ccc2nc(C)cc(N(C)C)c2c1C(N)=S. The van der Waals surface area contributed by atoms with Crippen molar-refractivity contribution in [1.29, 1.82) is 0 Å². The normalized spacial score (nSPS) is 10.5. The highest BCUT2D eigenvalue weighted by molar-refractivity contribution is 7.80. The first kappa shape index (κ1) is 13.5. The molecule has 0 atom stereocenters. The highest BCUT2D eigenvalue weighted by atomic mass is 32.1. The lowest BCUT2D eigenvalue weighted by atomic mass is 10.0. The van der Waals surface area contributed by atoms with Crippen molar-refractivity contribution in [2.75, 3.05) is 26.1 Å². The summed E-state index contributed by atoms with van der Waals surface area (Å²) in [5.74, 6) is 0.675. The summed E-state index contributed by atoms with van der Waals surface area (Å²) in [7, 11) is 5.58. The van der Waals surface area contributed by atoms with Gasteiger partial charge >= 0.3 is 0 Å². The number of rotatable bonds is 3. The minimum absolute atomic E-state index is 0.316. The second-order valence-electron chi connectivity index (χ2n) is 4.58. The lowest BCUT2D eigenvalue weighted by Gasteiger charge is -2.19. The molecule has 0 spiro atoms. The fourth-order valence-corrected chi connectivity index (χ4v) is 2.39. The molecule has 2 rings (SSSR count). The Morgan fingerprint density at radius 1 is 1.37 bits per heavy atom. The molecule has 0 saturated heterocycles. The van der Waals surface area contributed by atoms with Crippen molar-refractivity contribution in [2.24, 2.45) is 5.73 Å². The molecule has 0 fully saturated rings. The maximum atomic E-state index is 5.87. The molecular formula is C14H17N3OS. The summed E-state index contributed by atoms with van der Waals surface area (Å²) in [5.41, 5.74) is 9.46. The van der Waals surface area contributed by atoms with Gasteiger partial charge in [-0.1, -0.05) is 12.2 Å². The Labute approximate surface area is 118 Å². The van der Waals surface area contributed by atoms with Crippen LogP contribution in [0.5, 0.6) is 5.75 Å². The second-order valence-corrected chi connectivity index (χ2v) is 5.02. The lowest BCUT2D eigenvalue weighted by Crippen LogP contribution is -2.16. The number of nitrogens with zero attached hydrogens (tertiary/aromatic N) is 2. The van der Waals surface area contributed by atoms with Crippen LogP contribution >= 0.6 is 12.2 Å². The Bertz CT molecular complexity index is 653. The van der Waals surface area contributed by atoms with Gasteiger partial charge in [0.2, 0.25) is 0 Å². The number of pyridine rings is 1. The van der Waals surface area contributed by atoms with Gasteiger partial charge in [-0.3, -0.25) is 4.98 Å². The molecule has 2 aromatic rings. The first-order chi connectivity index (χ1) is 8.95. The minimum Gasteiger partial charge on any atom is -0.496 e. The Hall–Kier alpha value is -1.88. The van der Waals surface area contributed by atoms with Crippen molar-refractivity contribution in [3.63, 3.8) is 0 Å². The van der Waals surface area contributed by atoms with Crippen molar-refractivity contribution in [1.82, 2.24) is 4.98 Å². The van der Waals surface area contributed by atoms with Gasteiger partial charge in [-0.15, -0.1) is 0 Å². The Morgan fingerprint density at radius 2 is 2.05 bits per heavy atom. The monoisotopic (exact) mass is 275 g/mol. The minimum atomic E-state index is 0.316. The zero-order chi connectivity index (χ0) is 14.2. The van der Waals surface area contributed by atoms with Gasteiger partial charge in [0, 0.05) is 30.9 Å². The van der Waals surface area contributed by atoms with E-state index in [0.29, 0.717) is 10.7 Å². The van der Waals surface area contributed by atoms with Crippen molar-refractivity contribution < 1.29 is 4.74 Å². The molecule has 19 heavy (non-hydrogen) atoms. The molecule has 0 bridgehead atoms. The zero-order valence-electron chi connectivity index (χ0n) is 11.5. The lowest BCUT2D eigenvalue weighted by molar-refractivity contribution is 0.414. The summed E-state index contributed by atoms with van der Waals surface area (Å²) in [6.45, 7) is 1.97. The third-order valence-corrected chi connectivity index (χ3v) is 3.20. The summed E-state index contributed by atoms with van der Waals surface area (Å²) in [5, 5.41) is 0.933. The summed E-state index contributed by atoms with van der Waals surface area (Å²) < 4.78 is 5.37. The predicted octanol–water partition coefficient (Wildman–Crippen LogP) is 2.25. The molecule has 0 radical (unpaired) electrons. The number of anilines is 1. The molecule has 0 aliphatic heterocycles. The van der Waals surface area contributed by atoms with E-state index < -0.39 is 0 Å². The van der Waals surface area contributed by atoms with Crippen LogP contribution < -0.4 is 15.4 Å². The van der Waals surface area contributed by atoms with E-state index in [1.54, 1.807) is 7.11 Å². The third kappa shape index (κ3) is 2.33. The molecular weight excluding hydrogens is 258 g/mol. The highest BCUT2D eigenvalue weighted by Crippen LogP contribution is 2.34. The number of nitrogens with two attached hydrogens (primary N) is 1. The summed E-state index contributed by atoms with van der Waals surface area (Å²) in [6, 6.07) is 5.79. The van der Waals surface area contributed by atoms with Gasteiger partial charge in [-0.25, -0.2) is 0 Å². The molecule has 1 aromatic carbocycles. The molecule has 0 aliphatic carbocycles. The van der Waals surface area contributed by atoms with E-state index in [2.05, 4.69) is 4.98 Å².